The highest BCUT2D eigenvalue weighted by Gasteiger charge is 2.10. The van der Waals surface area contributed by atoms with Crippen molar-refractivity contribution in [1.82, 2.24) is 20.0 Å². The molecule has 7 heteroatoms. The summed E-state index contributed by atoms with van der Waals surface area (Å²) in [4.78, 5) is 0. The number of aryl methyl sites for hydroxylation is 1. The van der Waals surface area contributed by atoms with Crippen LogP contribution in [0, 0.1) is 6.92 Å². The zero-order valence-corrected chi connectivity index (χ0v) is 12.8. The topological polar surface area (TPSA) is 56.7 Å². The van der Waals surface area contributed by atoms with Gasteiger partial charge in [0.25, 0.3) is 0 Å². The van der Waals surface area contributed by atoms with Crippen LogP contribution in [0.4, 0.5) is 0 Å². The molecule has 0 fully saturated rings. The average Bonchev–Trinajstić information content (AvgIpc) is 2.98. The Balaban J connectivity index is 1.71. The second-order valence-electron chi connectivity index (χ2n) is 4.66. The molecular formula is C14H12Cl2N4O. The first-order valence-corrected chi connectivity index (χ1v) is 7.11. The fraction of sp³-hybridized carbons (Fsp3) is 0.214. The summed E-state index contributed by atoms with van der Waals surface area (Å²) in [7, 11) is 0. The van der Waals surface area contributed by atoms with Crippen LogP contribution >= 0.6 is 23.2 Å². The molecule has 108 valence electrons. The molecule has 0 aliphatic rings. The molecule has 0 saturated heterocycles. The molecule has 2 heterocycles. The lowest BCUT2D eigenvalue weighted by atomic mass is 10.1. The smallest absolute Gasteiger partial charge is 0.237 e. The summed E-state index contributed by atoms with van der Waals surface area (Å²) in [5.74, 6) is 1.04. The Morgan fingerprint density at radius 3 is 2.71 bits per heavy atom. The highest BCUT2D eigenvalue weighted by Crippen LogP contribution is 2.16. The number of rotatable bonds is 4. The summed E-state index contributed by atoms with van der Waals surface area (Å²) in [5, 5.41) is 13.6. The van der Waals surface area contributed by atoms with Crippen LogP contribution in [0.3, 0.4) is 0 Å². The zero-order valence-electron chi connectivity index (χ0n) is 11.3. The first kappa shape index (κ1) is 14.1. The summed E-state index contributed by atoms with van der Waals surface area (Å²) in [5.41, 5.74) is 1.80. The lowest BCUT2D eigenvalue weighted by molar-refractivity contribution is 0.436. The molecule has 0 bridgehead atoms. The van der Waals surface area contributed by atoms with Gasteiger partial charge in [-0.25, -0.2) is 0 Å². The van der Waals surface area contributed by atoms with E-state index in [1.165, 1.54) is 0 Å². The molecule has 0 amide bonds. The normalized spacial score (nSPS) is 11.0. The third kappa shape index (κ3) is 3.43. The number of nitrogens with zero attached hydrogens (tertiary/aromatic N) is 4. The van der Waals surface area contributed by atoms with Crippen molar-refractivity contribution in [1.29, 1.82) is 0 Å². The van der Waals surface area contributed by atoms with Crippen LogP contribution in [0.1, 0.15) is 23.0 Å². The van der Waals surface area contributed by atoms with E-state index in [0.29, 0.717) is 34.8 Å². The minimum absolute atomic E-state index is 0.399. The van der Waals surface area contributed by atoms with Crippen molar-refractivity contribution >= 4 is 23.2 Å². The standard InChI is InChI=1S/C14H12Cl2N4O/c1-9-12(16)7-20(19-9)8-14-18-17-13(21-14)6-10-3-2-4-11(15)5-10/h2-5,7H,6,8H2,1H3. The first-order chi connectivity index (χ1) is 10.1. The SMILES string of the molecule is Cc1nn(Cc2nnc(Cc3cccc(Cl)c3)o2)cc1Cl. The van der Waals surface area contributed by atoms with Crippen LogP contribution in [0.5, 0.6) is 0 Å². The third-order valence-electron chi connectivity index (χ3n) is 2.94. The van der Waals surface area contributed by atoms with Gasteiger partial charge in [0.1, 0.15) is 6.54 Å². The average molecular weight is 323 g/mol. The van der Waals surface area contributed by atoms with Crippen LogP contribution in [0.15, 0.2) is 34.9 Å². The maximum absolute atomic E-state index is 5.96. The minimum atomic E-state index is 0.399. The molecule has 0 aliphatic heterocycles. The summed E-state index contributed by atoms with van der Waals surface area (Å²) in [6.07, 6.45) is 2.28. The molecule has 0 radical (unpaired) electrons. The van der Waals surface area contributed by atoms with Crippen LogP contribution in [-0.4, -0.2) is 20.0 Å². The van der Waals surface area contributed by atoms with E-state index in [9.17, 15) is 0 Å². The molecule has 0 unspecified atom stereocenters. The Morgan fingerprint density at radius 1 is 1.19 bits per heavy atom. The molecule has 0 N–H and O–H groups in total. The van der Waals surface area contributed by atoms with Gasteiger partial charge in [-0.15, -0.1) is 10.2 Å². The minimum Gasteiger partial charge on any atom is -0.423 e. The number of hydrogen-bond acceptors (Lipinski definition) is 4. The number of hydrogen-bond donors (Lipinski definition) is 0. The second kappa shape index (κ2) is 5.87. The van der Waals surface area contributed by atoms with Crippen molar-refractivity contribution in [3.05, 3.63) is 63.5 Å². The van der Waals surface area contributed by atoms with Crippen molar-refractivity contribution in [3.8, 4) is 0 Å². The van der Waals surface area contributed by atoms with E-state index < -0.39 is 0 Å². The van der Waals surface area contributed by atoms with Gasteiger partial charge in [0, 0.05) is 11.2 Å². The number of aromatic nitrogens is 4. The fourth-order valence-electron chi connectivity index (χ4n) is 1.96. The van der Waals surface area contributed by atoms with E-state index in [4.69, 9.17) is 27.6 Å². The molecule has 1 aromatic carbocycles. The van der Waals surface area contributed by atoms with Gasteiger partial charge in [-0.05, 0) is 24.6 Å². The zero-order chi connectivity index (χ0) is 14.8. The fourth-order valence-corrected chi connectivity index (χ4v) is 2.32. The maximum Gasteiger partial charge on any atom is 0.237 e. The Bertz CT molecular complexity index is 746. The second-order valence-corrected chi connectivity index (χ2v) is 5.50. The van der Waals surface area contributed by atoms with Crippen molar-refractivity contribution in [3.63, 3.8) is 0 Å². The van der Waals surface area contributed by atoms with E-state index in [1.807, 2.05) is 31.2 Å². The summed E-state index contributed by atoms with van der Waals surface area (Å²) in [6.45, 7) is 2.24. The Morgan fingerprint density at radius 2 is 2.00 bits per heavy atom. The Hall–Kier alpha value is -1.85. The van der Waals surface area contributed by atoms with Gasteiger partial charge >= 0.3 is 0 Å². The molecule has 0 aliphatic carbocycles. The molecular weight excluding hydrogens is 311 g/mol. The van der Waals surface area contributed by atoms with Gasteiger partial charge in [0.2, 0.25) is 11.8 Å². The number of halogens is 2. The molecule has 3 rings (SSSR count). The summed E-state index contributed by atoms with van der Waals surface area (Å²) >= 11 is 11.9. The lowest BCUT2D eigenvalue weighted by Crippen LogP contribution is -2.00. The van der Waals surface area contributed by atoms with Crippen molar-refractivity contribution in [2.75, 3.05) is 0 Å². The van der Waals surface area contributed by atoms with E-state index in [1.54, 1.807) is 10.9 Å². The van der Waals surface area contributed by atoms with Crippen LogP contribution in [-0.2, 0) is 13.0 Å². The molecule has 0 saturated carbocycles. The van der Waals surface area contributed by atoms with Crippen molar-refractivity contribution in [2.24, 2.45) is 0 Å². The maximum atomic E-state index is 5.96. The predicted octanol–water partition coefficient (Wildman–Crippen LogP) is 3.52. The van der Waals surface area contributed by atoms with Gasteiger partial charge in [-0.2, -0.15) is 5.10 Å². The van der Waals surface area contributed by atoms with Crippen LogP contribution in [0.2, 0.25) is 10.0 Å². The van der Waals surface area contributed by atoms with Gasteiger partial charge in [0.15, 0.2) is 0 Å². The first-order valence-electron chi connectivity index (χ1n) is 6.35. The van der Waals surface area contributed by atoms with Gasteiger partial charge < -0.3 is 4.42 Å². The number of benzene rings is 1. The van der Waals surface area contributed by atoms with Gasteiger partial charge in [-0.3, -0.25) is 4.68 Å². The van der Waals surface area contributed by atoms with Crippen molar-refractivity contribution < 1.29 is 4.42 Å². The molecule has 21 heavy (non-hydrogen) atoms. The quantitative estimate of drug-likeness (QED) is 0.737. The van der Waals surface area contributed by atoms with Gasteiger partial charge in [-0.1, -0.05) is 35.3 Å². The highest BCUT2D eigenvalue weighted by atomic mass is 35.5. The van der Waals surface area contributed by atoms with E-state index in [-0.39, 0.29) is 0 Å². The van der Waals surface area contributed by atoms with Crippen LogP contribution in [0.25, 0.3) is 0 Å². The molecule has 0 spiro atoms. The lowest BCUT2D eigenvalue weighted by Gasteiger charge is -1.97. The predicted molar refractivity (Wildman–Crippen MR) is 79.6 cm³/mol. The van der Waals surface area contributed by atoms with E-state index in [2.05, 4.69) is 15.3 Å². The highest BCUT2D eigenvalue weighted by molar-refractivity contribution is 6.31. The molecule has 5 nitrogen and oxygen atoms in total. The Labute approximate surface area is 131 Å². The summed E-state index contributed by atoms with van der Waals surface area (Å²) in [6, 6.07) is 7.56. The molecule has 3 aromatic rings. The Kier molecular flexibility index (Phi) is 3.94. The van der Waals surface area contributed by atoms with E-state index in [0.717, 1.165) is 11.3 Å². The largest absolute Gasteiger partial charge is 0.423 e. The monoisotopic (exact) mass is 322 g/mol. The molecule has 0 atom stereocenters. The van der Waals surface area contributed by atoms with Crippen LogP contribution < -0.4 is 0 Å². The van der Waals surface area contributed by atoms with E-state index >= 15 is 0 Å². The summed E-state index contributed by atoms with van der Waals surface area (Å²) < 4.78 is 7.29. The molecule has 2 aromatic heterocycles. The van der Waals surface area contributed by atoms with Crippen molar-refractivity contribution in [2.45, 2.75) is 19.9 Å². The third-order valence-corrected chi connectivity index (χ3v) is 3.54. The van der Waals surface area contributed by atoms with Gasteiger partial charge in [0.05, 0.1) is 17.1 Å².